The van der Waals surface area contributed by atoms with Gasteiger partial charge in [0.05, 0.1) is 34.5 Å². The number of nitrogens with one attached hydrogen (secondary N) is 2. The molecule has 0 bridgehead atoms. The van der Waals surface area contributed by atoms with Crippen LogP contribution in [0.15, 0.2) is 53.9 Å². The van der Waals surface area contributed by atoms with Gasteiger partial charge in [0, 0.05) is 24.2 Å². The van der Waals surface area contributed by atoms with Crippen molar-refractivity contribution < 1.29 is 24.2 Å². The molecule has 1 aliphatic heterocycles. The van der Waals surface area contributed by atoms with Crippen molar-refractivity contribution in [3.63, 3.8) is 0 Å². The number of anilines is 2. The van der Waals surface area contributed by atoms with Crippen LogP contribution < -0.4 is 10.6 Å². The van der Waals surface area contributed by atoms with Gasteiger partial charge < -0.3 is 25.4 Å². The maximum absolute atomic E-state index is 13.2. The van der Waals surface area contributed by atoms with Crippen molar-refractivity contribution in [2.45, 2.75) is 19.4 Å². The number of esters is 1. The highest BCUT2D eigenvalue weighted by Crippen LogP contribution is 2.39. The van der Waals surface area contributed by atoms with Gasteiger partial charge in [-0.1, -0.05) is 18.2 Å². The molecule has 8 nitrogen and oxygen atoms in total. The molecule has 3 N–H and O–H groups in total. The predicted octanol–water partition coefficient (Wildman–Crippen LogP) is 4.55. The molecule has 0 saturated carbocycles. The van der Waals surface area contributed by atoms with E-state index in [4.69, 9.17) is 9.84 Å². The number of nitrogens with zero attached hydrogens (tertiary/aromatic N) is 1. The summed E-state index contributed by atoms with van der Waals surface area (Å²) in [7, 11) is 5.33. The zero-order valence-electron chi connectivity index (χ0n) is 20.3. The first-order valence-corrected chi connectivity index (χ1v) is 12.2. The number of carboxylic acid groups (broad SMARTS) is 1. The van der Waals surface area contributed by atoms with E-state index in [2.05, 4.69) is 15.5 Å². The Morgan fingerprint density at radius 3 is 2.50 bits per heavy atom. The minimum atomic E-state index is -0.859. The fourth-order valence-corrected chi connectivity index (χ4v) is 4.96. The molecule has 2 heterocycles. The average Bonchev–Trinajstić information content (AvgIpc) is 3.44. The largest absolute Gasteiger partial charge is 0.481 e. The monoisotopic (exact) mass is 505 g/mol. The second kappa shape index (κ2) is 10.8. The first-order valence-electron chi connectivity index (χ1n) is 11.3. The normalized spacial score (nSPS) is 13.8. The number of carbonyl (C=O) groups excluding carboxylic acids is 2. The highest BCUT2D eigenvalue weighted by Gasteiger charge is 2.30. The number of hydrogen-bond acceptors (Lipinski definition) is 7. The van der Waals surface area contributed by atoms with Crippen LogP contribution in [0.3, 0.4) is 0 Å². The van der Waals surface area contributed by atoms with Crippen LogP contribution in [0.2, 0.25) is 0 Å². The highest BCUT2D eigenvalue weighted by molar-refractivity contribution is 7.11. The first kappa shape index (κ1) is 25.2. The smallest absolute Gasteiger partial charge is 0.337 e. The molecule has 0 fully saturated rings. The molecule has 9 heteroatoms. The van der Waals surface area contributed by atoms with E-state index in [9.17, 15) is 14.4 Å². The minimum absolute atomic E-state index is 0.0302. The molecule has 0 atom stereocenters. The Kier molecular flexibility index (Phi) is 7.52. The summed E-state index contributed by atoms with van der Waals surface area (Å²) in [4.78, 5) is 39.1. The van der Waals surface area contributed by atoms with Crippen LogP contribution in [-0.4, -0.2) is 49.1 Å². The fourth-order valence-electron chi connectivity index (χ4n) is 4.01. The molecule has 0 radical (unpaired) electrons. The zero-order chi connectivity index (χ0) is 25.8. The number of ether oxygens (including phenoxy) is 1. The number of fused-ring (bicyclic) bond motifs is 1. The third-order valence-electron chi connectivity index (χ3n) is 5.69. The van der Waals surface area contributed by atoms with Crippen molar-refractivity contribution in [2.24, 2.45) is 0 Å². The molecule has 2 aromatic carbocycles. The lowest BCUT2D eigenvalue weighted by atomic mass is 10.0. The molecule has 1 amide bonds. The molecule has 1 aromatic heterocycles. The van der Waals surface area contributed by atoms with Gasteiger partial charge in [-0.2, -0.15) is 0 Å². The van der Waals surface area contributed by atoms with E-state index in [1.807, 2.05) is 49.8 Å². The van der Waals surface area contributed by atoms with Gasteiger partial charge in [0.2, 0.25) is 0 Å². The van der Waals surface area contributed by atoms with E-state index in [-0.39, 0.29) is 12.3 Å². The molecule has 0 aliphatic carbocycles. The third-order valence-corrected chi connectivity index (χ3v) is 6.68. The molecule has 186 valence electrons. The molecule has 0 spiro atoms. The molecule has 3 aromatic rings. The molecular weight excluding hydrogens is 478 g/mol. The second-order valence-corrected chi connectivity index (χ2v) is 9.64. The predicted molar refractivity (Wildman–Crippen MR) is 141 cm³/mol. The highest BCUT2D eigenvalue weighted by atomic mass is 32.1. The van der Waals surface area contributed by atoms with Crippen LogP contribution in [0, 0.1) is 0 Å². The lowest BCUT2D eigenvalue weighted by molar-refractivity contribution is -0.137. The summed E-state index contributed by atoms with van der Waals surface area (Å²) in [6, 6.07) is 14.9. The summed E-state index contributed by atoms with van der Waals surface area (Å²) >= 11 is 1.44. The van der Waals surface area contributed by atoms with Crippen LogP contribution in [0.25, 0.3) is 11.3 Å². The summed E-state index contributed by atoms with van der Waals surface area (Å²) in [5.41, 5.74) is 5.46. The van der Waals surface area contributed by atoms with Gasteiger partial charge in [-0.15, -0.1) is 11.3 Å². The summed E-state index contributed by atoms with van der Waals surface area (Å²) in [6.07, 6.45) is 0.432. The van der Waals surface area contributed by atoms with Crippen molar-refractivity contribution >= 4 is 51.8 Å². The number of carboxylic acids is 1. The van der Waals surface area contributed by atoms with E-state index in [1.54, 1.807) is 18.2 Å². The summed E-state index contributed by atoms with van der Waals surface area (Å²) in [6.45, 7) is 0.810. The third kappa shape index (κ3) is 5.64. The number of amides is 1. The number of benzene rings is 2. The van der Waals surface area contributed by atoms with Crippen molar-refractivity contribution in [1.82, 2.24) is 4.90 Å². The van der Waals surface area contributed by atoms with Crippen molar-refractivity contribution in [1.29, 1.82) is 0 Å². The Morgan fingerprint density at radius 1 is 1.08 bits per heavy atom. The Morgan fingerprint density at radius 2 is 1.83 bits per heavy atom. The molecule has 4 rings (SSSR count). The lowest BCUT2D eigenvalue weighted by Gasteiger charge is -2.14. The van der Waals surface area contributed by atoms with Crippen LogP contribution in [-0.2, 0) is 27.3 Å². The van der Waals surface area contributed by atoms with Gasteiger partial charge in [-0.05, 0) is 67.4 Å². The Labute approximate surface area is 213 Å². The summed E-state index contributed by atoms with van der Waals surface area (Å²) in [5.74, 6) is -1.64. The number of aliphatic carboxylic acids is 1. The molecule has 0 unspecified atom stereocenters. The average molecular weight is 506 g/mol. The van der Waals surface area contributed by atoms with Gasteiger partial charge in [0.25, 0.3) is 5.91 Å². The quantitative estimate of drug-likeness (QED) is 0.289. The number of thiophene rings is 1. The van der Waals surface area contributed by atoms with E-state index in [1.165, 1.54) is 18.4 Å². The van der Waals surface area contributed by atoms with E-state index < -0.39 is 11.9 Å². The minimum Gasteiger partial charge on any atom is -0.481 e. The Hall–Kier alpha value is -3.95. The SMILES string of the molecule is COC(=O)c1ccc2c(c1)NC(=O)/C2=C(\Nc1ccc(CN(C)C)cc1)c1cc(CCC(=O)O)cs1. The lowest BCUT2D eigenvalue weighted by Crippen LogP contribution is -2.11. The molecule has 1 aliphatic rings. The zero-order valence-corrected chi connectivity index (χ0v) is 21.1. The van der Waals surface area contributed by atoms with Crippen LogP contribution in [0.1, 0.15) is 38.3 Å². The topological polar surface area (TPSA) is 108 Å². The molecular formula is C27H27N3O5S. The number of hydrogen-bond donors (Lipinski definition) is 3. The molecule has 0 saturated heterocycles. The second-order valence-electron chi connectivity index (χ2n) is 8.73. The maximum atomic E-state index is 13.2. The number of methoxy groups -OCH3 is 1. The van der Waals surface area contributed by atoms with E-state index in [0.29, 0.717) is 34.5 Å². The van der Waals surface area contributed by atoms with E-state index >= 15 is 0 Å². The standard InChI is InChI=1S/C27H27N3O5S/c1-30(2)14-16-4-8-19(9-5-16)28-25(22-12-17(15-36-22)6-11-23(31)32)24-20-10-7-18(27(34)35-3)13-21(20)29-26(24)33/h4-5,7-10,12-13,15,28H,6,11,14H2,1-3H3,(H,29,33)(H,31,32)/b25-24-. The first-order chi connectivity index (χ1) is 17.2. The Balaban J connectivity index is 1.76. The maximum Gasteiger partial charge on any atom is 0.337 e. The van der Waals surface area contributed by atoms with E-state index in [0.717, 1.165) is 28.2 Å². The number of carbonyl (C=O) groups is 3. The summed E-state index contributed by atoms with van der Waals surface area (Å²) < 4.78 is 4.80. The van der Waals surface area contributed by atoms with Gasteiger partial charge in [0.15, 0.2) is 0 Å². The fraction of sp³-hybridized carbons (Fsp3) is 0.222. The van der Waals surface area contributed by atoms with Gasteiger partial charge in [0.1, 0.15) is 0 Å². The Bertz CT molecular complexity index is 1340. The number of rotatable bonds is 9. The summed E-state index contributed by atoms with van der Waals surface area (Å²) in [5, 5.41) is 17.2. The van der Waals surface area contributed by atoms with Gasteiger partial charge in [-0.3, -0.25) is 9.59 Å². The van der Waals surface area contributed by atoms with Gasteiger partial charge in [-0.25, -0.2) is 4.79 Å². The number of aryl methyl sites for hydroxylation is 1. The van der Waals surface area contributed by atoms with Crippen molar-refractivity contribution in [2.75, 3.05) is 31.8 Å². The van der Waals surface area contributed by atoms with Crippen LogP contribution >= 0.6 is 11.3 Å². The van der Waals surface area contributed by atoms with Gasteiger partial charge >= 0.3 is 11.9 Å². The molecule has 36 heavy (non-hydrogen) atoms. The van der Waals surface area contributed by atoms with Crippen molar-refractivity contribution in [3.05, 3.63) is 81.0 Å². The van der Waals surface area contributed by atoms with Crippen LogP contribution in [0.5, 0.6) is 0 Å². The van der Waals surface area contributed by atoms with Crippen molar-refractivity contribution in [3.8, 4) is 0 Å². The van der Waals surface area contributed by atoms with Crippen LogP contribution in [0.4, 0.5) is 11.4 Å².